The summed E-state index contributed by atoms with van der Waals surface area (Å²) in [6.07, 6.45) is 4.16. The number of nitrogens with two attached hydrogens (primary N) is 1. The van der Waals surface area contributed by atoms with Gasteiger partial charge in [-0.05, 0) is 43.2 Å². The van der Waals surface area contributed by atoms with Gasteiger partial charge in [0.15, 0.2) is 0 Å². The van der Waals surface area contributed by atoms with Gasteiger partial charge in [0.1, 0.15) is 5.82 Å². The molecule has 104 valence electrons. The van der Waals surface area contributed by atoms with Crippen molar-refractivity contribution in [3.63, 3.8) is 0 Å². The molecule has 0 atom stereocenters. The van der Waals surface area contributed by atoms with E-state index in [2.05, 4.69) is 27.3 Å². The molecule has 1 aliphatic heterocycles. The van der Waals surface area contributed by atoms with Gasteiger partial charge in [0.05, 0.1) is 16.9 Å². The van der Waals surface area contributed by atoms with E-state index in [0.717, 1.165) is 18.8 Å². The summed E-state index contributed by atoms with van der Waals surface area (Å²) < 4.78 is 0. The van der Waals surface area contributed by atoms with E-state index in [1.54, 1.807) is 12.3 Å². The summed E-state index contributed by atoms with van der Waals surface area (Å²) in [5, 5.41) is 3.72. The van der Waals surface area contributed by atoms with Crippen molar-refractivity contribution in [3.8, 4) is 0 Å². The van der Waals surface area contributed by atoms with Crippen LogP contribution in [0.25, 0.3) is 0 Å². The highest BCUT2D eigenvalue weighted by Gasteiger charge is 2.12. The Bertz CT molecular complexity index is 591. The fourth-order valence-electron chi connectivity index (χ4n) is 2.41. The van der Waals surface area contributed by atoms with E-state index < -0.39 is 0 Å². The summed E-state index contributed by atoms with van der Waals surface area (Å²) in [6, 6.07) is 10.0. The maximum absolute atomic E-state index is 6.10. The van der Waals surface area contributed by atoms with Gasteiger partial charge in [0.2, 0.25) is 0 Å². The predicted molar refractivity (Wildman–Crippen MR) is 84.8 cm³/mol. The maximum Gasteiger partial charge on any atom is 0.149 e. The van der Waals surface area contributed by atoms with Crippen LogP contribution in [0.4, 0.5) is 22.9 Å². The molecule has 0 aliphatic carbocycles. The summed E-state index contributed by atoms with van der Waals surface area (Å²) in [7, 11) is 0. The van der Waals surface area contributed by atoms with Crippen LogP contribution >= 0.6 is 11.6 Å². The lowest BCUT2D eigenvalue weighted by Gasteiger charge is -2.18. The van der Waals surface area contributed by atoms with Crippen LogP contribution in [0.2, 0.25) is 5.02 Å². The Morgan fingerprint density at radius 3 is 2.50 bits per heavy atom. The number of halogens is 1. The second-order valence-corrected chi connectivity index (χ2v) is 5.37. The normalized spacial score (nSPS) is 14.6. The number of nitrogen functional groups attached to an aromatic ring is 1. The van der Waals surface area contributed by atoms with Crippen molar-refractivity contribution in [3.05, 3.63) is 41.6 Å². The second kappa shape index (κ2) is 5.59. The Kier molecular flexibility index (Phi) is 3.65. The zero-order chi connectivity index (χ0) is 13.9. The molecule has 20 heavy (non-hydrogen) atoms. The van der Waals surface area contributed by atoms with Crippen molar-refractivity contribution in [2.45, 2.75) is 12.8 Å². The van der Waals surface area contributed by atoms with Gasteiger partial charge < -0.3 is 16.0 Å². The molecule has 0 unspecified atom stereocenters. The Morgan fingerprint density at radius 2 is 1.85 bits per heavy atom. The molecule has 3 rings (SSSR count). The first kappa shape index (κ1) is 13.1. The van der Waals surface area contributed by atoms with E-state index in [0.29, 0.717) is 16.5 Å². The molecule has 1 fully saturated rings. The molecule has 3 N–H and O–H groups in total. The van der Waals surface area contributed by atoms with Crippen molar-refractivity contribution in [1.82, 2.24) is 4.98 Å². The average molecular weight is 289 g/mol. The lowest BCUT2D eigenvalue weighted by Crippen LogP contribution is -2.17. The quantitative estimate of drug-likeness (QED) is 0.905. The summed E-state index contributed by atoms with van der Waals surface area (Å²) >= 11 is 6.10. The zero-order valence-corrected chi connectivity index (χ0v) is 11.9. The molecule has 1 saturated heterocycles. The molecule has 5 heteroatoms. The second-order valence-electron chi connectivity index (χ2n) is 4.97. The number of hydrogen-bond donors (Lipinski definition) is 2. The number of anilines is 4. The Morgan fingerprint density at radius 1 is 1.15 bits per heavy atom. The van der Waals surface area contributed by atoms with Crippen LogP contribution in [0.3, 0.4) is 0 Å². The molecule has 0 spiro atoms. The van der Waals surface area contributed by atoms with E-state index >= 15 is 0 Å². The van der Waals surface area contributed by atoms with Gasteiger partial charge in [-0.1, -0.05) is 11.6 Å². The van der Waals surface area contributed by atoms with Crippen LogP contribution in [0.1, 0.15) is 12.8 Å². The maximum atomic E-state index is 6.10. The smallest absolute Gasteiger partial charge is 0.149 e. The lowest BCUT2D eigenvalue weighted by molar-refractivity contribution is 0.949. The molecule has 1 aliphatic rings. The number of aromatic nitrogens is 1. The molecule has 0 amide bonds. The summed E-state index contributed by atoms with van der Waals surface area (Å²) in [6.45, 7) is 2.30. The third-order valence-electron chi connectivity index (χ3n) is 3.46. The summed E-state index contributed by atoms with van der Waals surface area (Å²) in [5.74, 6) is 0.620. The SMILES string of the molecule is Nc1cnc(Nc2ccc(N3CCCC3)cc2)c(Cl)c1. The monoisotopic (exact) mass is 288 g/mol. The highest BCUT2D eigenvalue weighted by molar-refractivity contribution is 6.33. The van der Waals surface area contributed by atoms with Gasteiger partial charge in [-0.3, -0.25) is 0 Å². The van der Waals surface area contributed by atoms with Crippen LogP contribution in [-0.2, 0) is 0 Å². The first-order valence-electron chi connectivity index (χ1n) is 6.75. The van der Waals surface area contributed by atoms with E-state index in [4.69, 9.17) is 17.3 Å². The van der Waals surface area contributed by atoms with E-state index in [1.807, 2.05) is 12.1 Å². The van der Waals surface area contributed by atoms with Gasteiger partial charge in [-0.15, -0.1) is 0 Å². The van der Waals surface area contributed by atoms with Crippen molar-refractivity contribution in [1.29, 1.82) is 0 Å². The standard InChI is InChI=1S/C15H17ClN4/c16-14-9-11(17)10-18-15(14)19-12-3-5-13(6-4-12)20-7-1-2-8-20/h3-6,9-10H,1-2,7-8,17H2,(H,18,19). The van der Waals surface area contributed by atoms with Crippen LogP contribution in [0, 0.1) is 0 Å². The molecule has 0 saturated carbocycles. The molecule has 2 aromatic rings. The van der Waals surface area contributed by atoms with Gasteiger partial charge in [-0.2, -0.15) is 0 Å². The highest BCUT2D eigenvalue weighted by atomic mass is 35.5. The summed E-state index contributed by atoms with van der Waals surface area (Å²) in [4.78, 5) is 6.60. The molecule has 0 radical (unpaired) electrons. The first-order valence-corrected chi connectivity index (χ1v) is 7.13. The largest absolute Gasteiger partial charge is 0.397 e. The number of nitrogens with one attached hydrogen (secondary N) is 1. The average Bonchev–Trinajstić information content (AvgIpc) is 2.97. The third-order valence-corrected chi connectivity index (χ3v) is 3.75. The highest BCUT2D eigenvalue weighted by Crippen LogP contribution is 2.27. The predicted octanol–water partition coefficient (Wildman–Crippen LogP) is 3.66. The molecule has 1 aromatic heterocycles. The van der Waals surface area contributed by atoms with Crippen LogP contribution < -0.4 is 16.0 Å². The number of rotatable bonds is 3. The fraction of sp³-hybridized carbons (Fsp3) is 0.267. The van der Waals surface area contributed by atoms with E-state index in [-0.39, 0.29) is 0 Å². The topological polar surface area (TPSA) is 54.2 Å². The Labute approximate surface area is 123 Å². The minimum absolute atomic E-state index is 0.522. The van der Waals surface area contributed by atoms with E-state index in [9.17, 15) is 0 Å². The third kappa shape index (κ3) is 2.80. The number of pyridine rings is 1. The van der Waals surface area contributed by atoms with Gasteiger partial charge in [-0.25, -0.2) is 4.98 Å². The first-order chi connectivity index (χ1) is 9.72. The summed E-state index contributed by atoms with van der Waals surface area (Å²) in [5.41, 5.74) is 8.42. The lowest BCUT2D eigenvalue weighted by atomic mass is 10.2. The van der Waals surface area contributed by atoms with Crippen molar-refractivity contribution in [2.24, 2.45) is 0 Å². The van der Waals surface area contributed by atoms with Crippen LogP contribution in [0.15, 0.2) is 36.5 Å². The Hall–Kier alpha value is -1.94. The van der Waals surface area contributed by atoms with Crippen molar-refractivity contribution < 1.29 is 0 Å². The number of benzene rings is 1. The molecular formula is C15H17ClN4. The number of hydrogen-bond acceptors (Lipinski definition) is 4. The minimum Gasteiger partial charge on any atom is -0.397 e. The molecule has 4 nitrogen and oxygen atoms in total. The minimum atomic E-state index is 0.522. The van der Waals surface area contributed by atoms with Gasteiger partial charge in [0.25, 0.3) is 0 Å². The van der Waals surface area contributed by atoms with Crippen LogP contribution in [0.5, 0.6) is 0 Å². The molecule has 2 heterocycles. The van der Waals surface area contributed by atoms with Crippen LogP contribution in [-0.4, -0.2) is 18.1 Å². The molecule has 1 aromatic carbocycles. The number of nitrogens with zero attached hydrogens (tertiary/aromatic N) is 2. The van der Waals surface area contributed by atoms with Crippen molar-refractivity contribution in [2.75, 3.05) is 29.0 Å². The van der Waals surface area contributed by atoms with Crippen molar-refractivity contribution >= 4 is 34.5 Å². The fourth-order valence-corrected chi connectivity index (χ4v) is 2.63. The van der Waals surface area contributed by atoms with Gasteiger partial charge >= 0.3 is 0 Å². The zero-order valence-electron chi connectivity index (χ0n) is 11.1. The van der Waals surface area contributed by atoms with Gasteiger partial charge in [0, 0.05) is 24.5 Å². The van der Waals surface area contributed by atoms with E-state index in [1.165, 1.54) is 18.5 Å². The molecular weight excluding hydrogens is 272 g/mol. The molecule has 0 bridgehead atoms. The Balaban J connectivity index is 1.74.